The summed E-state index contributed by atoms with van der Waals surface area (Å²) in [6.45, 7) is 3.59. The van der Waals surface area contributed by atoms with Crippen LogP contribution in [0.3, 0.4) is 0 Å². The fourth-order valence-corrected chi connectivity index (χ4v) is 2.86. The van der Waals surface area contributed by atoms with Crippen LogP contribution in [0.25, 0.3) is 11.1 Å². The third kappa shape index (κ3) is 4.00. The number of fused-ring (bicyclic) bond motifs is 1. The first kappa shape index (κ1) is 18.2. The summed E-state index contributed by atoms with van der Waals surface area (Å²) in [5.41, 5.74) is 4.08. The van der Waals surface area contributed by atoms with Crippen LogP contribution in [0.5, 0.6) is 0 Å². The van der Waals surface area contributed by atoms with E-state index >= 15 is 0 Å². The molecule has 0 unspecified atom stereocenters. The van der Waals surface area contributed by atoms with Gasteiger partial charge in [-0.05, 0) is 49.8 Å². The minimum absolute atomic E-state index is 0.194. The summed E-state index contributed by atoms with van der Waals surface area (Å²) in [4.78, 5) is 38.8. The predicted molar refractivity (Wildman–Crippen MR) is 102 cm³/mol. The number of nitrogens with one attached hydrogen (secondary N) is 4. The fourth-order valence-electron chi connectivity index (χ4n) is 2.86. The minimum Gasteiger partial charge on any atom is -0.465 e. The molecule has 3 rings (SSSR count). The lowest BCUT2D eigenvalue weighted by Crippen LogP contribution is -2.34. The molecule has 0 radical (unpaired) electrons. The Balaban J connectivity index is 1.79. The number of aromatic amines is 1. The predicted octanol–water partition coefficient (Wildman–Crippen LogP) is 2.58. The Labute approximate surface area is 156 Å². The van der Waals surface area contributed by atoms with Gasteiger partial charge in [-0.3, -0.25) is 9.59 Å². The molecule has 8 heteroatoms. The Kier molecular flexibility index (Phi) is 5.25. The van der Waals surface area contributed by atoms with Crippen LogP contribution in [0.1, 0.15) is 25.1 Å². The topological polar surface area (TPSA) is 112 Å². The normalized spacial score (nSPS) is 14.2. The summed E-state index contributed by atoms with van der Waals surface area (Å²) in [6, 6.07) is 8.34. The molecule has 2 heterocycles. The lowest BCUT2D eigenvalue weighted by atomic mass is 9.99. The number of hydrogen-bond donors (Lipinski definition) is 4. The highest BCUT2D eigenvalue weighted by Crippen LogP contribution is 2.37. The molecule has 2 aromatic rings. The van der Waals surface area contributed by atoms with Crippen LogP contribution in [0.15, 0.2) is 36.5 Å². The number of aromatic nitrogens is 1. The summed E-state index contributed by atoms with van der Waals surface area (Å²) < 4.78 is 4.75. The number of carbonyl (C=O) groups is 3. The highest BCUT2D eigenvalue weighted by molar-refractivity contribution is 6.36. The van der Waals surface area contributed by atoms with E-state index in [1.54, 1.807) is 31.3 Å². The van der Waals surface area contributed by atoms with Gasteiger partial charge in [-0.25, -0.2) is 4.79 Å². The van der Waals surface area contributed by atoms with Gasteiger partial charge in [0.25, 0.3) is 5.91 Å². The van der Waals surface area contributed by atoms with Crippen molar-refractivity contribution in [2.45, 2.75) is 13.8 Å². The van der Waals surface area contributed by atoms with E-state index in [1.165, 1.54) is 0 Å². The molecule has 1 aromatic heterocycles. The van der Waals surface area contributed by atoms with Crippen LogP contribution >= 0.6 is 0 Å². The van der Waals surface area contributed by atoms with Crippen molar-refractivity contribution in [1.82, 2.24) is 10.3 Å². The van der Waals surface area contributed by atoms with Crippen LogP contribution in [-0.2, 0) is 14.3 Å². The first-order chi connectivity index (χ1) is 13.0. The first-order valence-corrected chi connectivity index (χ1v) is 8.50. The molecular formula is C19H20N4O4. The molecule has 0 aliphatic carbocycles. The number of allylic oxidation sites excluding steroid dienone is 1. The molecule has 27 heavy (non-hydrogen) atoms. The van der Waals surface area contributed by atoms with Gasteiger partial charge in [0.1, 0.15) is 6.54 Å². The monoisotopic (exact) mass is 368 g/mol. The van der Waals surface area contributed by atoms with E-state index in [0.717, 1.165) is 11.3 Å². The van der Waals surface area contributed by atoms with Gasteiger partial charge in [0.2, 0.25) is 0 Å². The first-order valence-electron chi connectivity index (χ1n) is 8.50. The third-order valence-electron chi connectivity index (χ3n) is 4.10. The summed E-state index contributed by atoms with van der Waals surface area (Å²) in [5, 5.41) is 7.90. The minimum atomic E-state index is -0.535. The molecule has 0 spiro atoms. The Hall–Kier alpha value is -3.55. The molecule has 1 aromatic carbocycles. The van der Waals surface area contributed by atoms with Gasteiger partial charge in [0, 0.05) is 28.8 Å². The van der Waals surface area contributed by atoms with Crippen LogP contribution < -0.4 is 16.0 Å². The van der Waals surface area contributed by atoms with Gasteiger partial charge in [0.15, 0.2) is 0 Å². The van der Waals surface area contributed by atoms with Crippen LogP contribution in [-0.4, -0.2) is 36.0 Å². The van der Waals surface area contributed by atoms with Crippen LogP contribution in [0, 0.1) is 0 Å². The second-order valence-corrected chi connectivity index (χ2v) is 5.91. The maximum absolute atomic E-state index is 12.4. The van der Waals surface area contributed by atoms with Gasteiger partial charge in [0.05, 0.1) is 12.2 Å². The molecule has 0 atom stereocenters. The standard InChI is InChI=1S/C19H20N4O4/c1-3-27-16(24)10-21-19(26)22-12-6-7-15-13(9-12)17(18(25)23-15)11(2)14-5-4-8-20-14/h4-9,20H,3,10H2,1-2H3,(H,23,25)(H2,21,22,26)/b17-11+. The number of rotatable bonds is 5. The molecule has 4 N–H and O–H groups in total. The van der Waals surface area contributed by atoms with Crippen molar-refractivity contribution in [3.05, 3.63) is 47.8 Å². The number of ether oxygens (including phenoxy) is 1. The van der Waals surface area contributed by atoms with E-state index in [0.29, 0.717) is 22.5 Å². The molecule has 140 valence electrons. The Morgan fingerprint density at radius 2 is 2.04 bits per heavy atom. The van der Waals surface area contributed by atoms with E-state index in [-0.39, 0.29) is 19.1 Å². The van der Waals surface area contributed by atoms with E-state index in [1.807, 2.05) is 19.1 Å². The van der Waals surface area contributed by atoms with Gasteiger partial charge in [-0.2, -0.15) is 0 Å². The number of anilines is 2. The Morgan fingerprint density at radius 3 is 2.74 bits per heavy atom. The van der Waals surface area contributed by atoms with Gasteiger partial charge in [-0.1, -0.05) is 0 Å². The van der Waals surface area contributed by atoms with E-state index < -0.39 is 12.0 Å². The number of urea groups is 1. The average molecular weight is 368 g/mol. The second kappa shape index (κ2) is 7.77. The SMILES string of the molecule is CCOC(=O)CNC(=O)Nc1ccc2c(c1)/C(=C(/C)c1ccc[nH]1)C(=O)N2. The number of benzene rings is 1. The van der Waals surface area contributed by atoms with Crippen molar-refractivity contribution >= 4 is 40.4 Å². The quantitative estimate of drug-likeness (QED) is 0.480. The summed E-state index contributed by atoms with van der Waals surface area (Å²) in [7, 11) is 0. The molecule has 1 aliphatic heterocycles. The number of hydrogen-bond acceptors (Lipinski definition) is 4. The maximum Gasteiger partial charge on any atom is 0.325 e. The van der Waals surface area contributed by atoms with Crippen molar-refractivity contribution in [1.29, 1.82) is 0 Å². The lowest BCUT2D eigenvalue weighted by Gasteiger charge is -2.09. The average Bonchev–Trinajstić information content (AvgIpc) is 3.27. The van der Waals surface area contributed by atoms with Gasteiger partial charge >= 0.3 is 12.0 Å². The maximum atomic E-state index is 12.4. The zero-order valence-electron chi connectivity index (χ0n) is 15.0. The molecular weight excluding hydrogens is 348 g/mol. The molecule has 0 saturated heterocycles. The zero-order chi connectivity index (χ0) is 19.4. The summed E-state index contributed by atoms with van der Waals surface area (Å²) >= 11 is 0. The highest BCUT2D eigenvalue weighted by Gasteiger charge is 2.27. The Morgan fingerprint density at radius 1 is 1.22 bits per heavy atom. The largest absolute Gasteiger partial charge is 0.465 e. The molecule has 8 nitrogen and oxygen atoms in total. The number of amides is 3. The van der Waals surface area contributed by atoms with Crippen molar-refractivity contribution in [3.63, 3.8) is 0 Å². The lowest BCUT2D eigenvalue weighted by molar-refractivity contribution is -0.141. The molecule has 0 bridgehead atoms. The van der Waals surface area contributed by atoms with Gasteiger partial charge < -0.3 is 25.7 Å². The van der Waals surface area contributed by atoms with E-state index in [9.17, 15) is 14.4 Å². The van der Waals surface area contributed by atoms with Gasteiger partial charge in [-0.15, -0.1) is 0 Å². The third-order valence-corrected chi connectivity index (χ3v) is 4.10. The molecule has 3 amide bonds. The fraction of sp³-hybridized carbons (Fsp3) is 0.211. The summed E-state index contributed by atoms with van der Waals surface area (Å²) in [5.74, 6) is -0.704. The van der Waals surface area contributed by atoms with Crippen molar-refractivity contribution in [2.75, 3.05) is 23.8 Å². The molecule has 0 saturated carbocycles. The van der Waals surface area contributed by atoms with Crippen LogP contribution in [0.2, 0.25) is 0 Å². The number of esters is 1. The van der Waals surface area contributed by atoms with E-state index in [2.05, 4.69) is 20.9 Å². The van der Waals surface area contributed by atoms with Crippen LogP contribution in [0.4, 0.5) is 16.2 Å². The van der Waals surface area contributed by atoms with E-state index in [4.69, 9.17) is 4.74 Å². The molecule has 0 fully saturated rings. The smallest absolute Gasteiger partial charge is 0.325 e. The zero-order valence-corrected chi connectivity index (χ0v) is 15.0. The Bertz CT molecular complexity index is 916. The summed E-state index contributed by atoms with van der Waals surface area (Å²) in [6.07, 6.45) is 1.79. The van der Waals surface area contributed by atoms with Crippen molar-refractivity contribution < 1.29 is 19.1 Å². The van der Waals surface area contributed by atoms with Crippen molar-refractivity contribution in [2.24, 2.45) is 0 Å². The number of carbonyl (C=O) groups excluding carboxylic acids is 3. The molecule has 1 aliphatic rings. The highest BCUT2D eigenvalue weighted by atomic mass is 16.5. The van der Waals surface area contributed by atoms with Crippen molar-refractivity contribution in [3.8, 4) is 0 Å². The number of H-pyrrole nitrogens is 1. The second-order valence-electron chi connectivity index (χ2n) is 5.91.